The SMILES string of the molecule is Cl.O=C1c2ccccc2C(=O)N1C1CCNCC1. The molecular formula is C13H15ClN2O2. The minimum absolute atomic E-state index is 0. The average Bonchev–Trinajstić information content (AvgIpc) is 2.64. The summed E-state index contributed by atoms with van der Waals surface area (Å²) in [6, 6.07) is 7.13. The Labute approximate surface area is 112 Å². The Balaban J connectivity index is 0.00000120. The van der Waals surface area contributed by atoms with E-state index in [4.69, 9.17) is 0 Å². The summed E-state index contributed by atoms with van der Waals surface area (Å²) in [5, 5.41) is 3.24. The van der Waals surface area contributed by atoms with Crippen LogP contribution in [-0.4, -0.2) is 35.8 Å². The lowest BCUT2D eigenvalue weighted by Crippen LogP contribution is -2.45. The van der Waals surface area contributed by atoms with Crippen molar-refractivity contribution in [1.82, 2.24) is 10.2 Å². The van der Waals surface area contributed by atoms with Crippen LogP contribution in [0.5, 0.6) is 0 Å². The monoisotopic (exact) mass is 266 g/mol. The molecule has 0 aromatic heterocycles. The third kappa shape index (κ3) is 1.91. The van der Waals surface area contributed by atoms with Gasteiger partial charge in [-0.25, -0.2) is 0 Å². The zero-order chi connectivity index (χ0) is 11.8. The molecule has 0 saturated carbocycles. The van der Waals surface area contributed by atoms with Crippen molar-refractivity contribution < 1.29 is 9.59 Å². The van der Waals surface area contributed by atoms with Crippen LogP contribution in [0, 0.1) is 0 Å². The first kappa shape index (κ1) is 13.1. The van der Waals surface area contributed by atoms with Gasteiger partial charge in [-0.15, -0.1) is 12.4 Å². The molecule has 3 rings (SSSR count). The van der Waals surface area contributed by atoms with Crippen LogP contribution >= 0.6 is 12.4 Å². The number of hydrogen-bond donors (Lipinski definition) is 1. The third-order valence-corrected chi connectivity index (χ3v) is 3.50. The van der Waals surface area contributed by atoms with Gasteiger partial charge >= 0.3 is 0 Å². The Morgan fingerprint density at radius 1 is 1.00 bits per heavy atom. The van der Waals surface area contributed by atoms with Crippen molar-refractivity contribution in [2.75, 3.05) is 13.1 Å². The zero-order valence-electron chi connectivity index (χ0n) is 9.89. The maximum Gasteiger partial charge on any atom is 0.261 e. The molecule has 4 nitrogen and oxygen atoms in total. The molecule has 2 heterocycles. The Morgan fingerprint density at radius 3 is 2.00 bits per heavy atom. The molecule has 96 valence electrons. The van der Waals surface area contributed by atoms with Crippen molar-refractivity contribution in [3.63, 3.8) is 0 Å². The number of hydrogen-bond acceptors (Lipinski definition) is 3. The standard InChI is InChI=1S/C13H14N2O2.ClH/c16-12-10-3-1-2-4-11(10)13(17)15(12)9-5-7-14-8-6-9;/h1-4,9,14H,5-8H2;1H. The number of benzene rings is 1. The number of nitrogens with one attached hydrogen (secondary N) is 1. The fourth-order valence-corrected chi connectivity index (χ4v) is 2.60. The fraction of sp³-hybridized carbons (Fsp3) is 0.385. The van der Waals surface area contributed by atoms with Crippen LogP contribution in [0.3, 0.4) is 0 Å². The van der Waals surface area contributed by atoms with Crippen LogP contribution < -0.4 is 5.32 Å². The zero-order valence-corrected chi connectivity index (χ0v) is 10.7. The topological polar surface area (TPSA) is 49.4 Å². The third-order valence-electron chi connectivity index (χ3n) is 3.50. The van der Waals surface area contributed by atoms with Crippen molar-refractivity contribution in [3.8, 4) is 0 Å². The molecular weight excluding hydrogens is 252 g/mol. The van der Waals surface area contributed by atoms with E-state index in [0.717, 1.165) is 25.9 Å². The van der Waals surface area contributed by atoms with E-state index in [1.807, 2.05) is 0 Å². The molecule has 0 bridgehead atoms. The summed E-state index contributed by atoms with van der Waals surface area (Å²) in [5.41, 5.74) is 1.10. The number of rotatable bonds is 1. The van der Waals surface area contributed by atoms with Crippen LogP contribution in [0.1, 0.15) is 33.6 Å². The van der Waals surface area contributed by atoms with Crippen LogP contribution in [0.2, 0.25) is 0 Å². The van der Waals surface area contributed by atoms with E-state index >= 15 is 0 Å². The summed E-state index contributed by atoms with van der Waals surface area (Å²) in [6.45, 7) is 1.75. The number of carbonyl (C=O) groups excluding carboxylic acids is 2. The summed E-state index contributed by atoms with van der Waals surface area (Å²) in [5.74, 6) is -0.255. The highest BCUT2D eigenvalue weighted by molar-refractivity contribution is 6.21. The smallest absolute Gasteiger partial charge is 0.261 e. The van der Waals surface area contributed by atoms with E-state index in [2.05, 4.69) is 5.32 Å². The second kappa shape index (κ2) is 5.08. The predicted octanol–water partition coefficient (Wildman–Crippen LogP) is 1.46. The van der Waals surface area contributed by atoms with Crippen molar-refractivity contribution in [2.45, 2.75) is 18.9 Å². The fourth-order valence-electron chi connectivity index (χ4n) is 2.60. The first-order chi connectivity index (χ1) is 8.29. The van der Waals surface area contributed by atoms with Gasteiger partial charge in [0.2, 0.25) is 0 Å². The van der Waals surface area contributed by atoms with E-state index in [1.54, 1.807) is 24.3 Å². The van der Waals surface area contributed by atoms with Crippen molar-refractivity contribution >= 4 is 24.2 Å². The Hall–Kier alpha value is -1.39. The van der Waals surface area contributed by atoms with Gasteiger partial charge in [-0.05, 0) is 38.1 Å². The maximum atomic E-state index is 12.2. The number of carbonyl (C=O) groups is 2. The number of nitrogens with zero attached hydrogens (tertiary/aromatic N) is 1. The number of amides is 2. The summed E-state index contributed by atoms with van der Waals surface area (Å²) in [4.78, 5) is 25.8. The molecule has 1 fully saturated rings. The largest absolute Gasteiger partial charge is 0.317 e. The molecule has 2 aliphatic rings. The minimum atomic E-state index is -0.127. The van der Waals surface area contributed by atoms with Gasteiger partial charge in [0.25, 0.3) is 11.8 Å². The van der Waals surface area contributed by atoms with Crippen LogP contribution in [0.25, 0.3) is 0 Å². The lowest BCUT2D eigenvalue weighted by atomic mass is 10.1. The Kier molecular flexibility index (Phi) is 3.68. The molecule has 1 aromatic carbocycles. The van der Waals surface area contributed by atoms with Gasteiger partial charge in [0.1, 0.15) is 0 Å². The molecule has 1 aromatic rings. The molecule has 0 atom stereocenters. The molecule has 0 unspecified atom stereocenters. The van der Waals surface area contributed by atoms with Gasteiger partial charge in [-0.2, -0.15) is 0 Å². The van der Waals surface area contributed by atoms with Gasteiger partial charge in [0.15, 0.2) is 0 Å². The molecule has 2 amide bonds. The van der Waals surface area contributed by atoms with Gasteiger partial charge in [0, 0.05) is 6.04 Å². The Bertz CT molecular complexity index is 449. The van der Waals surface area contributed by atoms with Gasteiger partial charge in [-0.3, -0.25) is 14.5 Å². The molecule has 1 saturated heterocycles. The molecule has 5 heteroatoms. The van der Waals surface area contributed by atoms with Crippen LogP contribution in [-0.2, 0) is 0 Å². The van der Waals surface area contributed by atoms with Crippen molar-refractivity contribution in [2.24, 2.45) is 0 Å². The highest BCUT2D eigenvalue weighted by Gasteiger charge is 2.39. The highest BCUT2D eigenvalue weighted by atomic mass is 35.5. The van der Waals surface area contributed by atoms with Crippen LogP contribution in [0.4, 0.5) is 0 Å². The lowest BCUT2D eigenvalue weighted by Gasteiger charge is -2.29. The molecule has 18 heavy (non-hydrogen) atoms. The van der Waals surface area contributed by atoms with E-state index < -0.39 is 0 Å². The lowest BCUT2D eigenvalue weighted by molar-refractivity contribution is 0.0556. The van der Waals surface area contributed by atoms with Crippen LogP contribution in [0.15, 0.2) is 24.3 Å². The molecule has 0 spiro atoms. The number of imide groups is 1. The van der Waals surface area contributed by atoms with E-state index in [9.17, 15) is 9.59 Å². The molecule has 0 radical (unpaired) electrons. The molecule has 2 aliphatic heterocycles. The second-order valence-corrected chi connectivity index (χ2v) is 4.51. The number of halogens is 1. The first-order valence-corrected chi connectivity index (χ1v) is 5.96. The second-order valence-electron chi connectivity index (χ2n) is 4.51. The van der Waals surface area contributed by atoms with E-state index in [0.29, 0.717) is 11.1 Å². The van der Waals surface area contributed by atoms with E-state index in [1.165, 1.54) is 4.90 Å². The maximum absolute atomic E-state index is 12.2. The first-order valence-electron chi connectivity index (χ1n) is 5.96. The van der Waals surface area contributed by atoms with Crippen molar-refractivity contribution in [1.29, 1.82) is 0 Å². The number of fused-ring (bicyclic) bond motifs is 1. The number of piperidine rings is 1. The van der Waals surface area contributed by atoms with Gasteiger partial charge < -0.3 is 5.32 Å². The molecule has 0 aliphatic carbocycles. The minimum Gasteiger partial charge on any atom is -0.317 e. The summed E-state index contributed by atoms with van der Waals surface area (Å²) >= 11 is 0. The Morgan fingerprint density at radius 2 is 1.50 bits per heavy atom. The average molecular weight is 267 g/mol. The molecule has 1 N–H and O–H groups in total. The quantitative estimate of drug-likeness (QED) is 0.783. The van der Waals surface area contributed by atoms with E-state index in [-0.39, 0.29) is 30.3 Å². The predicted molar refractivity (Wildman–Crippen MR) is 70.1 cm³/mol. The van der Waals surface area contributed by atoms with Gasteiger partial charge in [0.05, 0.1) is 11.1 Å². The highest BCUT2D eigenvalue weighted by Crippen LogP contribution is 2.27. The summed E-state index contributed by atoms with van der Waals surface area (Å²) < 4.78 is 0. The van der Waals surface area contributed by atoms with Gasteiger partial charge in [-0.1, -0.05) is 12.1 Å². The normalized spacial score (nSPS) is 19.7. The summed E-state index contributed by atoms with van der Waals surface area (Å²) in [7, 11) is 0. The summed E-state index contributed by atoms with van der Waals surface area (Å²) in [6.07, 6.45) is 1.71. The van der Waals surface area contributed by atoms with Crippen molar-refractivity contribution in [3.05, 3.63) is 35.4 Å².